The van der Waals surface area contributed by atoms with Crippen LogP contribution in [-0.4, -0.2) is 28.2 Å². The molecule has 0 saturated heterocycles. The molecule has 1 saturated carbocycles. The van der Waals surface area contributed by atoms with E-state index in [1.165, 1.54) is 22.3 Å². The van der Waals surface area contributed by atoms with Crippen molar-refractivity contribution in [3.05, 3.63) is 58.2 Å². The largest absolute Gasteiger partial charge is 0.392 e. The van der Waals surface area contributed by atoms with Gasteiger partial charge < -0.3 is 10.2 Å². The molecule has 1 fully saturated rings. The van der Waals surface area contributed by atoms with Gasteiger partial charge in [-0.25, -0.2) is 0 Å². The minimum absolute atomic E-state index is 0.0434. The van der Waals surface area contributed by atoms with Crippen molar-refractivity contribution in [1.29, 1.82) is 0 Å². The third kappa shape index (κ3) is 6.20. The summed E-state index contributed by atoms with van der Waals surface area (Å²) in [6, 6.07) is 0. The maximum Gasteiger partial charge on any atom is 0.170 e. The predicted octanol–water partition coefficient (Wildman–Crippen LogP) is 8.69. The summed E-state index contributed by atoms with van der Waals surface area (Å²) in [6.45, 7) is 22.9. The first-order valence-corrected chi connectivity index (χ1v) is 14.7. The molecule has 0 radical (unpaired) electrons. The zero-order valence-electron chi connectivity index (χ0n) is 26.2. The van der Waals surface area contributed by atoms with Crippen LogP contribution >= 0.6 is 0 Å². The first-order chi connectivity index (χ1) is 17.5. The quantitative estimate of drug-likeness (QED) is 0.266. The summed E-state index contributed by atoms with van der Waals surface area (Å²) < 4.78 is 0. The fraction of sp³-hybridized carbons (Fsp3) is 0.686. The van der Waals surface area contributed by atoms with Crippen LogP contribution < -0.4 is 0 Å². The Morgan fingerprint density at radius 2 is 1.50 bits per heavy atom. The van der Waals surface area contributed by atoms with Gasteiger partial charge in [0.2, 0.25) is 0 Å². The lowest BCUT2D eigenvalue weighted by Gasteiger charge is -2.67. The van der Waals surface area contributed by atoms with E-state index in [1.54, 1.807) is 0 Å². The molecule has 0 spiro atoms. The van der Waals surface area contributed by atoms with Crippen molar-refractivity contribution in [2.45, 2.75) is 127 Å². The zero-order valence-corrected chi connectivity index (χ0v) is 26.2. The van der Waals surface area contributed by atoms with Crippen LogP contribution in [0.4, 0.5) is 0 Å². The highest BCUT2D eigenvalue weighted by Crippen LogP contribution is 2.68. The molecular formula is C35H56O3. The van der Waals surface area contributed by atoms with Crippen molar-refractivity contribution in [3.63, 3.8) is 0 Å². The van der Waals surface area contributed by atoms with Crippen molar-refractivity contribution in [3.8, 4) is 0 Å². The molecular weight excluding hydrogens is 468 g/mol. The Morgan fingerprint density at radius 1 is 0.947 bits per heavy atom. The molecule has 38 heavy (non-hydrogen) atoms. The Bertz CT molecular complexity index is 1010. The molecule has 0 aromatic rings. The number of aliphatic hydroxyl groups is 2. The molecule has 2 aliphatic rings. The number of fused-ring (bicyclic) bond motifs is 2. The Morgan fingerprint density at radius 3 is 2.00 bits per heavy atom. The van der Waals surface area contributed by atoms with Gasteiger partial charge in [0.25, 0.3) is 0 Å². The number of Topliss-reactive ketones (excluding diaryl/α,β-unsaturated/α-hetero) is 1. The fourth-order valence-corrected chi connectivity index (χ4v) is 7.17. The topological polar surface area (TPSA) is 57.5 Å². The van der Waals surface area contributed by atoms with Crippen LogP contribution in [-0.2, 0) is 4.79 Å². The number of allylic oxidation sites excluding steroid dienone is 9. The summed E-state index contributed by atoms with van der Waals surface area (Å²) in [6.07, 6.45) is 13.5. The second-order valence-electron chi connectivity index (χ2n) is 13.8. The maximum absolute atomic E-state index is 14.8. The molecule has 3 nitrogen and oxygen atoms in total. The standard InChI is InChI=1S/C35H56O3/c1-23(2)13-12-19-33(11)29(17-15-25(5)6)22-34(20-18-26(7)8)21-28(16-14-24(3)4)31(37)35(33,32(34)38)30(36)27(9)10/h13-15,18,21,27,29-30,32,36,38H,12,16-17,19-20,22H2,1-11H3/t29-,30+,32+,33+,34-,35-/m0/s1. The first kappa shape index (κ1) is 32.5. The van der Waals surface area contributed by atoms with E-state index in [0.717, 1.165) is 31.3 Å². The summed E-state index contributed by atoms with van der Waals surface area (Å²) in [7, 11) is 0. The lowest BCUT2D eigenvalue weighted by molar-refractivity contribution is -0.236. The molecule has 2 bridgehead atoms. The molecule has 3 heteroatoms. The Kier molecular flexibility index (Phi) is 10.8. The minimum atomic E-state index is -1.27. The number of hydrogen-bond donors (Lipinski definition) is 2. The predicted molar refractivity (Wildman–Crippen MR) is 162 cm³/mol. The van der Waals surface area contributed by atoms with E-state index in [-0.39, 0.29) is 17.6 Å². The summed E-state index contributed by atoms with van der Waals surface area (Å²) in [4.78, 5) is 14.8. The molecule has 214 valence electrons. The summed E-state index contributed by atoms with van der Waals surface area (Å²) >= 11 is 0. The van der Waals surface area contributed by atoms with Crippen LogP contribution in [0.5, 0.6) is 0 Å². The number of aliphatic hydroxyl groups excluding tert-OH is 2. The van der Waals surface area contributed by atoms with Crippen LogP contribution in [0, 0.1) is 28.1 Å². The van der Waals surface area contributed by atoms with Gasteiger partial charge in [-0.3, -0.25) is 4.79 Å². The van der Waals surface area contributed by atoms with Crippen LogP contribution in [0.3, 0.4) is 0 Å². The van der Waals surface area contributed by atoms with Crippen LogP contribution in [0.2, 0.25) is 0 Å². The summed E-state index contributed by atoms with van der Waals surface area (Å²) in [5.74, 6) is -0.0591. The molecule has 2 aliphatic carbocycles. The molecule has 0 unspecified atom stereocenters. The Hall–Kier alpha value is -1.71. The van der Waals surface area contributed by atoms with Crippen LogP contribution in [0.1, 0.15) is 115 Å². The Labute approximate surface area is 233 Å². The van der Waals surface area contributed by atoms with E-state index < -0.39 is 28.5 Å². The molecule has 0 aromatic carbocycles. The molecule has 0 amide bonds. The van der Waals surface area contributed by atoms with Crippen LogP contribution in [0.25, 0.3) is 0 Å². The van der Waals surface area contributed by atoms with E-state index in [1.807, 2.05) is 13.8 Å². The lowest BCUT2D eigenvalue weighted by Crippen LogP contribution is -2.73. The number of carbonyl (C=O) groups is 1. The van der Waals surface area contributed by atoms with E-state index >= 15 is 0 Å². The van der Waals surface area contributed by atoms with Crippen molar-refractivity contribution in [2.24, 2.45) is 28.1 Å². The first-order valence-electron chi connectivity index (χ1n) is 14.7. The van der Waals surface area contributed by atoms with Gasteiger partial charge in [-0.15, -0.1) is 0 Å². The summed E-state index contributed by atoms with van der Waals surface area (Å²) in [5.41, 5.74) is 3.19. The summed E-state index contributed by atoms with van der Waals surface area (Å²) in [5, 5.41) is 24.7. The van der Waals surface area contributed by atoms with E-state index in [2.05, 4.69) is 92.7 Å². The molecule has 0 aliphatic heterocycles. The fourth-order valence-electron chi connectivity index (χ4n) is 7.17. The highest BCUT2D eigenvalue weighted by atomic mass is 16.3. The van der Waals surface area contributed by atoms with Crippen molar-refractivity contribution in [1.82, 2.24) is 0 Å². The third-order valence-corrected chi connectivity index (χ3v) is 9.32. The van der Waals surface area contributed by atoms with E-state index in [4.69, 9.17) is 0 Å². The van der Waals surface area contributed by atoms with E-state index in [0.29, 0.717) is 12.8 Å². The zero-order chi connectivity index (χ0) is 29.1. The second-order valence-corrected chi connectivity index (χ2v) is 13.8. The molecule has 0 heterocycles. The smallest absolute Gasteiger partial charge is 0.170 e. The van der Waals surface area contributed by atoms with Gasteiger partial charge in [-0.1, -0.05) is 73.4 Å². The molecule has 2 rings (SSSR count). The Balaban J connectivity index is 2.98. The highest BCUT2D eigenvalue weighted by molar-refractivity contribution is 6.03. The molecule has 6 atom stereocenters. The van der Waals surface area contributed by atoms with Gasteiger partial charge in [0.15, 0.2) is 5.78 Å². The SMILES string of the molecule is CC(C)=CCC[C@]1(C)[C@@H](CC=C(C)C)C[C@]2(CC=C(C)C)C=C(CC=C(C)C)C(=O)[C@@]1([C@H](O)C(C)C)[C@@H]2O. The second kappa shape index (κ2) is 12.6. The van der Waals surface area contributed by atoms with E-state index in [9.17, 15) is 15.0 Å². The lowest BCUT2D eigenvalue weighted by atomic mass is 9.37. The normalized spacial score (nSPS) is 31.3. The highest BCUT2D eigenvalue weighted by Gasteiger charge is 2.72. The number of hydrogen-bond acceptors (Lipinski definition) is 3. The minimum Gasteiger partial charge on any atom is -0.392 e. The van der Waals surface area contributed by atoms with Gasteiger partial charge in [0.1, 0.15) is 0 Å². The van der Waals surface area contributed by atoms with Gasteiger partial charge >= 0.3 is 0 Å². The van der Waals surface area contributed by atoms with Crippen LogP contribution in [0.15, 0.2) is 58.2 Å². The average molecular weight is 525 g/mol. The van der Waals surface area contributed by atoms with Gasteiger partial charge in [0, 0.05) is 5.41 Å². The van der Waals surface area contributed by atoms with Gasteiger partial charge in [-0.2, -0.15) is 0 Å². The number of ketones is 1. The van der Waals surface area contributed by atoms with Crippen molar-refractivity contribution < 1.29 is 15.0 Å². The average Bonchev–Trinajstić information content (AvgIpc) is 2.80. The van der Waals surface area contributed by atoms with Crippen molar-refractivity contribution >= 4 is 5.78 Å². The maximum atomic E-state index is 14.8. The van der Waals surface area contributed by atoms with Crippen molar-refractivity contribution in [2.75, 3.05) is 0 Å². The molecule has 0 aromatic heterocycles. The molecule has 2 N–H and O–H groups in total. The van der Waals surface area contributed by atoms with Gasteiger partial charge in [0.05, 0.1) is 17.6 Å². The van der Waals surface area contributed by atoms with Gasteiger partial charge in [-0.05, 0) is 117 Å². The number of rotatable bonds is 11. The number of carbonyl (C=O) groups excluding carboxylic acids is 1. The third-order valence-electron chi connectivity index (χ3n) is 9.32. The monoisotopic (exact) mass is 524 g/mol.